The molecule has 2 N–H and O–H groups in total. The maximum atomic E-state index is 13.2. The van der Waals surface area contributed by atoms with Crippen molar-refractivity contribution in [3.8, 4) is 11.5 Å². The Balaban J connectivity index is 1.48. The molecule has 5 rings (SSSR count). The summed E-state index contributed by atoms with van der Waals surface area (Å²) >= 11 is 6.22. The minimum absolute atomic E-state index is 0.0706. The maximum absolute atomic E-state index is 13.2. The van der Waals surface area contributed by atoms with Gasteiger partial charge in [0, 0.05) is 17.3 Å². The van der Waals surface area contributed by atoms with Crippen LogP contribution in [0.1, 0.15) is 62.5 Å². The summed E-state index contributed by atoms with van der Waals surface area (Å²) in [6.45, 7) is 1.60. The Bertz CT molecular complexity index is 1100. The number of halogens is 1. The molecule has 1 unspecified atom stereocenters. The number of aliphatic hydroxyl groups is 1. The lowest BCUT2D eigenvalue weighted by molar-refractivity contribution is -0.148. The average Bonchev–Trinajstić information content (AvgIpc) is 3.15. The normalized spacial score (nSPS) is 27.1. The number of carbonyl (C=O) groups is 1. The van der Waals surface area contributed by atoms with Gasteiger partial charge in [0.1, 0.15) is 5.54 Å². The number of fused-ring (bicyclic) bond motifs is 3. The summed E-state index contributed by atoms with van der Waals surface area (Å²) in [5.41, 5.74) is 2.58. The van der Waals surface area contributed by atoms with Crippen LogP contribution in [0.4, 0.5) is 5.69 Å². The molecule has 0 saturated heterocycles. The van der Waals surface area contributed by atoms with Crippen LogP contribution in [0.2, 0.25) is 5.02 Å². The lowest BCUT2D eigenvalue weighted by Crippen LogP contribution is -2.53. The molecule has 2 aromatic rings. The van der Waals surface area contributed by atoms with E-state index in [-0.39, 0.29) is 18.0 Å². The maximum Gasteiger partial charge on any atom is 0.331 e. The third kappa shape index (κ3) is 4.66. The summed E-state index contributed by atoms with van der Waals surface area (Å²) in [5, 5.41) is 13.7. The van der Waals surface area contributed by atoms with E-state index >= 15 is 0 Å². The van der Waals surface area contributed by atoms with Crippen molar-refractivity contribution in [2.24, 2.45) is 5.92 Å². The zero-order valence-corrected chi connectivity index (χ0v) is 21.7. The number of rotatable bonds is 6. The van der Waals surface area contributed by atoms with Crippen LogP contribution in [0, 0.1) is 5.92 Å². The van der Waals surface area contributed by atoms with Gasteiger partial charge in [0.25, 0.3) is 0 Å². The molecule has 6 nitrogen and oxygen atoms in total. The van der Waals surface area contributed by atoms with E-state index in [2.05, 4.69) is 17.4 Å². The molecule has 0 radical (unpaired) electrons. The van der Waals surface area contributed by atoms with Crippen LogP contribution in [0.3, 0.4) is 0 Å². The van der Waals surface area contributed by atoms with Gasteiger partial charge in [-0.05, 0) is 111 Å². The molecule has 36 heavy (non-hydrogen) atoms. The van der Waals surface area contributed by atoms with Crippen molar-refractivity contribution >= 4 is 23.3 Å². The molecule has 1 heterocycles. The quantitative estimate of drug-likeness (QED) is 0.484. The molecule has 1 atom stereocenters. The van der Waals surface area contributed by atoms with Gasteiger partial charge in [-0.3, -0.25) is 0 Å². The van der Waals surface area contributed by atoms with Gasteiger partial charge in [0.15, 0.2) is 11.5 Å². The predicted molar refractivity (Wildman–Crippen MR) is 140 cm³/mol. The molecule has 0 aromatic heterocycles. The van der Waals surface area contributed by atoms with Crippen molar-refractivity contribution in [1.29, 1.82) is 0 Å². The third-order valence-electron chi connectivity index (χ3n) is 8.50. The fourth-order valence-corrected chi connectivity index (χ4v) is 6.83. The van der Waals surface area contributed by atoms with E-state index in [4.69, 9.17) is 25.8 Å². The van der Waals surface area contributed by atoms with Crippen LogP contribution >= 0.6 is 11.6 Å². The Labute approximate surface area is 218 Å². The molecule has 194 valence electrons. The van der Waals surface area contributed by atoms with Crippen molar-refractivity contribution in [2.45, 2.75) is 68.7 Å². The Morgan fingerprint density at radius 2 is 1.83 bits per heavy atom. The standard InChI is InChI=1S/C29H36ClNO5/c1-34-27(33)29(31-23-8-4-7-22(30)18-23)11-9-28(10-12-29)21(6-5-13-32)16-20-17-25-26(19-24(20)28)36-15-3-2-14-35-25/h4,7-8,17-19,21,31-32H,2-3,5-6,9-16H2,1H3. The Hall–Kier alpha value is -2.44. The smallest absolute Gasteiger partial charge is 0.331 e. The van der Waals surface area contributed by atoms with Crippen molar-refractivity contribution < 1.29 is 24.1 Å². The Kier molecular flexibility index (Phi) is 7.36. The predicted octanol–water partition coefficient (Wildman–Crippen LogP) is 5.67. The van der Waals surface area contributed by atoms with Gasteiger partial charge in [0.2, 0.25) is 0 Å². The first-order valence-corrected chi connectivity index (χ1v) is 13.5. The fraction of sp³-hybridized carbons (Fsp3) is 0.552. The highest BCUT2D eigenvalue weighted by Crippen LogP contribution is 2.57. The number of nitrogens with one attached hydrogen (secondary N) is 1. The SMILES string of the molecule is COC(=O)C1(Nc2cccc(Cl)c2)CCC2(CC1)c1cc3c(cc1CC2CCCO)OCCCCO3. The van der Waals surface area contributed by atoms with Gasteiger partial charge in [-0.1, -0.05) is 17.7 Å². The second kappa shape index (κ2) is 10.5. The Morgan fingerprint density at radius 3 is 2.50 bits per heavy atom. The van der Waals surface area contributed by atoms with Gasteiger partial charge in [-0.25, -0.2) is 4.79 Å². The number of ether oxygens (including phenoxy) is 3. The van der Waals surface area contributed by atoms with E-state index in [0.29, 0.717) is 37.0 Å². The number of anilines is 1. The molecule has 2 aromatic carbocycles. The highest BCUT2D eigenvalue weighted by molar-refractivity contribution is 6.30. The van der Waals surface area contributed by atoms with Crippen molar-refractivity contribution in [1.82, 2.24) is 0 Å². The molecule has 0 amide bonds. The van der Waals surface area contributed by atoms with Crippen molar-refractivity contribution in [3.05, 3.63) is 52.5 Å². The average molecular weight is 514 g/mol. The molecule has 1 fully saturated rings. The first kappa shape index (κ1) is 25.2. The summed E-state index contributed by atoms with van der Waals surface area (Å²) in [6.07, 6.45) is 7.65. The van der Waals surface area contributed by atoms with Crippen molar-refractivity contribution in [3.63, 3.8) is 0 Å². The molecule has 7 heteroatoms. The number of aliphatic hydroxyl groups excluding tert-OH is 1. The first-order chi connectivity index (χ1) is 17.5. The summed E-state index contributed by atoms with van der Waals surface area (Å²) in [4.78, 5) is 13.2. The van der Waals surface area contributed by atoms with Gasteiger partial charge in [-0.2, -0.15) is 0 Å². The zero-order valence-electron chi connectivity index (χ0n) is 21.0. The molecular weight excluding hydrogens is 478 g/mol. The largest absolute Gasteiger partial charge is 0.490 e. The number of methoxy groups -OCH3 is 1. The number of hydrogen-bond donors (Lipinski definition) is 2. The van der Waals surface area contributed by atoms with Crippen LogP contribution in [0.5, 0.6) is 11.5 Å². The minimum atomic E-state index is -0.807. The summed E-state index contributed by atoms with van der Waals surface area (Å²) in [7, 11) is 1.46. The molecule has 0 bridgehead atoms. The molecule has 1 saturated carbocycles. The van der Waals surface area contributed by atoms with E-state index in [1.54, 1.807) is 0 Å². The van der Waals surface area contributed by atoms with Gasteiger partial charge < -0.3 is 24.6 Å². The van der Waals surface area contributed by atoms with Crippen LogP contribution in [0.25, 0.3) is 0 Å². The van der Waals surface area contributed by atoms with Gasteiger partial charge in [0.05, 0.1) is 20.3 Å². The number of esters is 1. The van der Waals surface area contributed by atoms with Crippen LogP contribution < -0.4 is 14.8 Å². The van der Waals surface area contributed by atoms with Gasteiger partial charge >= 0.3 is 5.97 Å². The van der Waals surface area contributed by atoms with E-state index < -0.39 is 5.54 Å². The highest BCUT2D eigenvalue weighted by Gasteiger charge is 2.54. The summed E-state index contributed by atoms with van der Waals surface area (Å²) in [6, 6.07) is 11.9. The van der Waals surface area contributed by atoms with Crippen LogP contribution in [-0.4, -0.2) is 43.5 Å². The fourth-order valence-electron chi connectivity index (χ4n) is 6.64. The molecule has 1 aliphatic heterocycles. The Morgan fingerprint density at radius 1 is 1.11 bits per heavy atom. The monoisotopic (exact) mass is 513 g/mol. The number of hydrogen-bond acceptors (Lipinski definition) is 6. The third-order valence-corrected chi connectivity index (χ3v) is 8.73. The highest BCUT2D eigenvalue weighted by atomic mass is 35.5. The van der Waals surface area contributed by atoms with E-state index in [1.165, 1.54) is 18.2 Å². The minimum Gasteiger partial charge on any atom is -0.490 e. The van der Waals surface area contributed by atoms with Gasteiger partial charge in [-0.15, -0.1) is 0 Å². The molecule has 3 aliphatic rings. The van der Waals surface area contributed by atoms with Crippen LogP contribution in [0.15, 0.2) is 36.4 Å². The number of carbonyl (C=O) groups excluding carboxylic acids is 1. The topological polar surface area (TPSA) is 77.0 Å². The molecular formula is C29H36ClNO5. The first-order valence-electron chi connectivity index (χ1n) is 13.2. The second-order valence-electron chi connectivity index (χ2n) is 10.5. The number of benzene rings is 2. The molecule has 1 spiro atoms. The lowest BCUT2D eigenvalue weighted by Gasteiger charge is -2.47. The zero-order chi connectivity index (χ0) is 25.2. The van der Waals surface area contributed by atoms with E-state index in [1.807, 2.05) is 24.3 Å². The summed E-state index contributed by atoms with van der Waals surface area (Å²) < 4.78 is 17.5. The van der Waals surface area contributed by atoms with E-state index in [0.717, 1.165) is 62.1 Å². The summed E-state index contributed by atoms with van der Waals surface area (Å²) in [5.74, 6) is 1.83. The van der Waals surface area contributed by atoms with Crippen LogP contribution in [-0.2, 0) is 21.4 Å². The second-order valence-corrected chi connectivity index (χ2v) is 10.9. The molecule has 2 aliphatic carbocycles. The lowest BCUT2D eigenvalue weighted by atomic mass is 9.60. The van der Waals surface area contributed by atoms with Crippen molar-refractivity contribution in [2.75, 3.05) is 32.2 Å². The van der Waals surface area contributed by atoms with E-state index in [9.17, 15) is 9.90 Å².